The van der Waals surface area contributed by atoms with E-state index in [1.54, 1.807) is 19.9 Å². The third kappa shape index (κ3) is 3.17. The van der Waals surface area contributed by atoms with Crippen molar-refractivity contribution >= 4 is 22.7 Å². The molecule has 0 spiro atoms. The zero-order valence-corrected chi connectivity index (χ0v) is 13.1. The molecule has 0 atom stereocenters. The fourth-order valence-corrected chi connectivity index (χ4v) is 2.17. The van der Waals surface area contributed by atoms with E-state index in [9.17, 15) is 9.59 Å². The van der Waals surface area contributed by atoms with Gasteiger partial charge < -0.3 is 9.47 Å². The van der Waals surface area contributed by atoms with Gasteiger partial charge in [-0.15, -0.1) is 0 Å². The predicted octanol–water partition coefficient (Wildman–Crippen LogP) is 3.86. The summed E-state index contributed by atoms with van der Waals surface area (Å²) >= 11 is 0. The van der Waals surface area contributed by atoms with Crippen molar-refractivity contribution in [1.29, 1.82) is 0 Å². The quantitative estimate of drug-likeness (QED) is 0.490. The van der Waals surface area contributed by atoms with Gasteiger partial charge in [0.15, 0.2) is 0 Å². The summed E-state index contributed by atoms with van der Waals surface area (Å²) < 4.78 is 10.7. The Hall–Kier alpha value is -2.62. The molecule has 0 saturated carbocycles. The lowest BCUT2D eigenvalue weighted by Crippen LogP contribution is -2.10. The van der Waals surface area contributed by atoms with E-state index in [0.29, 0.717) is 22.6 Å². The number of fused-ring (bicyclic) bond motifs is 1. The van der Waals surface area contributed by atoms with E-state index in [1.807, 2.05) is 25.1 Å². The number of rotatable bonds is 3. The molecule has 2 rings (SSSR count). The van der Waals surface area contributed by atoms with Crippen LogP contribution in [0.2, 0.25) is 0 Å². The van der Waals surface area contributed by atoms with Crippen LogP contribution in [0.1, 0.15) is 25.0 Å². The SMILES string of the molecule is C=C(C)C(=O)Oc1c(C)cc(OC(C)=O)c2cc(C)ccc12. The first kappa shape index (κ1) is 15.8. The average Bonchev–Trinajstić information content (AvgIpc) is 2.42. The summed E-state index contributed by atoms with van der Waals surface area (Å²) in [6.45, 7) is 10.3. The van der Waals surface area contributed by atoms with Gasteiger partial charge in [-0.2, -0.15) is 0 Å². The van der Waals surface area contributed by atoms with E-state index < -0.39 is 11.9 Å². The molecule has 2 aromatic rings. The highest BCUT2D eigenvalue weighted by atomic mass is 16.5. The van der Waals surface area contributed by atoms with Crippen LogP contribution in [0.15, 0.2) is 36.4 Å². The predicted molar refractivity (Wildman–Crippen MR) is 85.2 cm³/mol. The van der Waals surface area contributed by atoms with Gasteiger partial charge in [-0.05, 0) is 38.5 Å². The number of carbonyl (C=O) groups excluding carboxylic acids is 2. The number of aryl methyl sites for hydroxylation is 2. The molecule has 22 heavy (non-hydrogen) atoms. The summed E-state index contributed by atoms with van der Waals surface area (Å²) in [4.78, 5) is 23.1. The standard InChI is InChI=1S/C18H18O4/c1-10(2)18(20)22-17-12(4)9-16(21-13(5)19)15-8-11(3)6-7-14(15)17/h6-9H,1H2,2-5H3. The highest BCUT2D eigenvalue weighted by Crippen LogP contribution is 2.37. The van der Waals surface area contributed by atoms with Crippen LogP contribution in [0.4, 0.5) is 0 Å². The summed E-state index contributed by atoms with van der Waals surface area (Å²) in [6.07, 6.45) is 0. The summed E-state index contributed by atoms with van der Waals surface area (Å²) in [5.41, 5.74) is 2.05. The fraction of sp³-hybridized carbons (Fsp3) is 0.222. The molecular weight excluding hydrogens is 280 g/mol. The maximum Gasteiger partial charge on any atom is 0.338 e. The van der Waals surface area contributed by atoms with Crippen LogP contribution in [-0.2, 0) is 9.59 Å². The molecule has 0 amide bonds. The Morgan fingerprint density at radius 1 is 1.00 bits per heavy atom. The molecule has 0 saturated heterocycles. The maximum atomic E-state index is 11.8. The second-order valence-electron chi connectivity index (χ2n) is 5.33. The van der Waals surface area contributed by atoms with E-state index in [2.05, 4.69) is 6.58 Å². The molecule has 0 unspecified atom stereocenters. The molecule has 0 heterocycles. The Bertz CT molecular complexity index is 787. The number of esters is 2. The zero-order chi connectivity index (χ0) is 16.4. The van der Waals surface area contributed by atoms with Crippen molar-refractivity contribution in [2.45, 2.75) is 27.7 Å². The minimum absolute atomic E-state index is 0.323. The van der Waals surface area contributed by atoms with Gasteiger partial charge in [0.25, 0.3) is 0 Å². The molecule has 114 valence electrons. The molecule has 0 aliphatic heterocycles. The summed E-state index contributed by atoms with van der Waals surface area (Å²) in [5, 5.41) is 1.45. The zero-order valence-electron chi connectivity index (χ0n) is 13.1. The fourth-order valence-electron chi connectivity index (χ4n) is 2.17. The Labute approximate surface area is 129 Å². The van der Waals surface area contributed by atoms with E-state index in [1.165, 1.54) is 6.92 Å². The minimum atomic E-state index is -0.481. The van der Waals surface area contributed by atoms with E-state index in [0.717, 1.165) is 16.3 Å². The van der Waals surface area contributed by atoms with Crippen molar-refractivity contribution in [3.63, 3.8) is 0 Å². The van der Waals surface area contributed by atoms with Crippen molar-refractivity contribution in [3.8, 4) is 11.5 Å². The Balaban J connectivity index is 2.68. The number of hydrogen-bond acceptors (Lipinski definition) is 4. The molecular formula is C18H18O4. The van der Waals surface area contributed by atoms with Gasteiger partial charge in [0.2, 0.25) is 0 Å². The highest BCUT2D eigenvalue weighted by molar-refractivity contribution is 5.99. The van der Waals surface area contributed by atoms with Crippen molar-refractivity contribution in [3.05, 3.63) is 47.5 Å². The number of hydrogen-bond donors (Lipinski definition) is 0. The van der Waals surface area contributed by atoms with Crippen LogP contribution >= 0.6 is 0 Å². The first-order chi connectivity index (χ1) is 10.3. The summed E-state index contributed by atoms with van der Waals surface area (Å²) in [6, 6.07) is 7.36. The van der Waals surface area contributed by atoms with Crippen molar-refractivity contribution in [2.24, 2.45) is 0 Å². The first-order valence-electron chi connectivity index (χ1n) is 6.89. The van der Waals surface area contributed by atoms with Gasteiger partial charge in [-0.3, -0.25) is 4.79 Å². The molecule has 0 fully saturated rings. The molecule has 4 nitrogen and oxygen atoms in total. The topological polar surface area (TPSA) is 52.6 Å². The monoisotopic (exact) mass is 298 g/mol. The molecule has 0 aromatic heterocycles. The normalized spacial score (nSPS) is 10.4. The molecule has 0 N–H and O–H groups in total. The molecule has 0 aliphatic rings. The van der Waals surface area contributed by atoms with Crippen LogP contribution in [-0.4, -0.2) is 11.9 Å². The van der Waals surface area contributed by atoms with Crippen molar-refractivity contribution in [1.82, 2.24) is 0 Å². The maximum absolute atomic E-state index is 11.8. The first-order valence-corrected chi connectivity index (χ1v) is 6.89. The Kier molecular flexibility index (Phi) is 4.31. The van der Waals surface area contributed by atoms with Crippen LogP contribution in [0, 0.1) is 13.8 Å². The molecule has 4 heteroatoms. The van der Waals surface area contributed by atoms with Crippen LogP contribution < -0.4 is 9.47 Å². The van der Waals surface area contributed by atoms with Gasteiger partial charge in [-0.1, -0.05) is 24.3 Å². The minimum Gasteiger partial charge on any atom is -0.426 e. The van der Waals surface area contributed by atoms with Crippen molar-refractivity contribution in [2.75, 3.05) is 0 Å². The van der Waals surface area contributed by atoms with E-state index in [-0.39, 0.29) is 0 Å². The summed E-state index contributed by atoms with van der Waals surface area (Å²) in [5.74, 6) is 0.0387. The second-order valence-corrected chi connectivity index (χ2v) is 5.33. The van der Waals surface area contributed by atoms with Gasteiger partial charge in [0.1, 0.15) is 11.5 Å². The third-order valence-corrected chi connectivity index (χ3v) is 3.19. The van der Waals surface area contributed by atoms with Crippen LogP contribution in [0.5, 0.6) is 11.5 Å². The van der Waals surface area contributed by atoms with Crippen LogP contribution in [0.3, 0.4) is 0 Å². The molecule has 0 aliphatic carbocycles. The van der Waals surface area contributed by atoms with Gasteiger partial charge >= 0.3 is 11.9 Å². The lowest BCUT2D eigenvalue weighted by Gasteiger charge is -2.14. The molecule has 0 radical (unpaired) electrons. The molecule has 0 bridgehead atoms. The average molecular weight is 298 g/mol. The smallest absolute Gasteiger partial charge is 0.338 e. The number of ether oxygens (including phenoxy) is 2. The third-order valence-electron chi connectivity index (χ3n) is 3.19. The Morgan fingerprint density at radius 2 is 1.68 bits per heavy atom. The lowest BCUT2D eigenvalue weighted by molar-refractivity contribution is -0.132. The summed E-state index contributed by atoms with van der Waals surface area (Å²) in [7, 11) is 0. The lowest BCUT2D eigenvalue weighted by atomic mass is 10.0. The highest BCUT2D eigenvalue weighted by Gasteiger charge is 2.16. The van der Waals surface area contributed by atoms with Crippen LogP contribution in [0.25, 0.3) is 10.8 Å². The van der Waals surface area contributed by atoms with E-state index >= 15 is 0 Å². The number of benzene rings is 2. The Morgan fingerprint density at radius 3 is 2.27 bits per heavy atom. The second kappa shape index (κ2) is 6.02. The largest absolute Gasteiger partial charge is 0.426 e. The van der Waals surface area contributed by atoms with Gasteiger partial charge in [-0.25, -0.2) is 4.79 Å². The van der Waals surface area contributed by atoms with E-state index in [4.69, 9.17) is 9.47 Å². The van der Waals surface area contributed by atoms with Crippen molar-refractivity contribution < 1.29 is 19.1 Å². The molecule has 2 aromatic carbocycles. The number of carbonyl (C=O) groups is 2. The van der Waals surface area contributed by atoms with Gasteiger partial charge in [0.05, 0.1) is 0 Å². The van der Waals surface area contributed by atoms with Gasteiger partial charge in [0, 0.05) is 23.3 Å².